The number of ether oxygens (including phenoxy) is 1. The minimum absolute atomic E-state index is 0.142. The van der Waals surface area contributed by atoms with Crippen LogP contribution >= 0.6 is 0 Å². The predicted octanol–water partition coefficient (Wildman–Crippen LogP) is 3.45. The number of hydrogen-bond donors (Lipinski definition) is 1. The van der Waals surface area contributed by atoms with E-state index in [1.807, 2.05) is 19.3 Å². The Labute approximate surface area is 154 Å². The maximum absolute atomic E-state index is 12.9. The Balaban J connectivity index is 2.01. The van der Waals surface area contributed by atoms with Crippen molar-refractivity contribution in [2.75, 3.05) is 25.1 Å². The molecule has 0 atom stereocenters. The summed E-state index contributed by atoms with van der Waals surface area (Å²) < 4.78 is 46.2. The zero-order chi connectivity index (χ0) is 19.6. The van der Waals surface area contributed by atoms with Crippen molar-refractivity contribution in [3.8, 4) is 5.75 Å². The monoisotopic (exact) mass is 380 g/mol. The molecule has 0 unspecified atom stereocenters. The number of carbonyl (C=O) groups excluding carboxylic acids is 1. The summed E-state index contributed by atoms with van der Waals surface area (Å²) >= 11 is 0. The highest BCUT2D eigenvalue weighted by Gasteiger charge is 2.34. The lowest BCUT2D eigenvalue weighted by Gasteiger charge is -2.26. The van der Waals surface area contributed by atoms with Crippen molar-refractivity contribution in [1.82, 2.24) is 14.9 Å². The number of rotatable bonds is 3. The summed E-state index contributed by atoms with van der Waals surface area (Å²) in [6, 6.07) is 3.75. The van der Waals surface area contributed by atoms with E-state index >= 15 is 0 Å². The Hall–Kier alpha value is -2.97. The van der Waals surface area contributed by atoms with E-state index in [2.05, 4.69) is 10.3 Å². The minimum Gasteiger partial charge on any atom is -0.493 e. The number of nitrogens with zero attached hydrogens (tertiary/aromatic N) is 3. The average molecular weight is 380 g/mol. The maximum Gasteiger partial charge on any atom is 0.406 e. The van der Waals surface area contributed by atoms with Crippen molar-refractivity contribution in [3.63, 3.8) is 0 Å². The summed E-state index contributed by atoms with van der Waals surface area (Å²) in [5.41, 5.74) is 2.42. The fourth-order valence-electron chi connectivity index (χ4n) is 2.90. The van der Waals surface area contributed by atoms with E-state index in [1.165, 1.54) is 13.1 Å². The van der Waals surface area contributed by atoms with Gasteiger partial charge in [0.15, 0.2) is 0 Å². The van der Waals surface area contributed by atoms with Crippen LogP contribution in [0.3, 0.4) is 0 Å². The first-order valence-corrected chi connectivity index (χ1v) is 8.28. The molecule has 6 nitrogen and oxygen atoms in total. The SMILES string of the molecule is CNC(=O)N(CC(F)(F)F)c1ccc2c(c1)/C(=C/c1cn(C)cn1)CCO2. The zero-order valence-electron chi connectivity index (χ0n) is 14.9. The summed E-state index contributed by atoms with van der Waals surface area (Å²) in [5.74, 6) is 0.566. The number of aryl methyl sites for hydroxylation is 1. The standard InChI is InChI=1S/C18H19F3N4O2/c1-22-17(26)25(10-18(19,20)21)14-3-4-16-15(8-14)12(5-6-27-16)7-13-9-24(2)11-23-13/h3-4,7-9,11H,5-6,10H2,1-2H3,(H,22,26)/b12-7+. The summed E-state index contributed by atoms with van der Waals surface area (Å²) in [6.45, 7) is -0.918. The molecule has 2 aromatic rings. The molecule has 0 radical (unpaired) electrons. The number of halogens is 3. The lowest BCUT2D eigenvalue weighted by Crippen LogP contribution is -2.43. The van der Waals surface area contributed by atoms with Gasteiger partial charge in [0.1, 0.15) is 12.3 Å². The second-order valence-corrected chi connectivity index (χ2v) is 6.17. The molecular weight excluding hydrogens is 361 g/mol. The van der Waals surface area contributed by atoms with Gasteiger partial charge in [-0.25, -0.2) is 9.78 Å². The van der Waals surface area contributed by atoms with Crippen molar-refractivity contribution in [2.24, 2.45) is 7.05 Å². The fraction of sp³-hybridized carbons (Fsp3) is 0.333. The van der Waals surface area contributed by atoms with E-state index in [0.717, 1.165) is 11.3 Å². The first-order valence-electron chi connectivity index (χ1n) is 8.28. The van der Waals surface area contributed by atoms with Crippen LogP contribution in [0.5, 0.6) is 5.75 Å². The fourth-order valence-corrected chi connectivity index (χ4v) is 2.90. The Bertz CT molecular complexity index is 874. The van der Waals surface area contributed by atoms with Gasteiger partial charge >= 0.3 is 12.2 Å². The van der Waals surface area contributed by atoms with Crippen molar-refractivity contribution in [3.05, 3.63) is 42.0 Å². The first kappa shape index (κ1) is 18.8. The van der Waals surface area contributed by atoms with E-state index in [4.69, 9.17) is 4.74 Å². The lowest BCUT2D eigenvalue weighted by molar-refractivity contribution is -0.118. The second kappa shape index (κ2) is 7.34. The predicted molar refractivity (Wildman–Crippen MR) is 95.5 cm³/mol. The molecule has 0 spiro atoms. The van der Waals surface area contributed by atoms with Crippen molar-refractivity contribution in [1.29, 1.82) is 0 Å². The average Bonchev–Trinajstić information content (AvgIpc) is 3.03. The smallest absolute Gasteiger partial charge is 0.406 e. The molecule has 0 saturated heterocycles. The molecule has 9 heteroatoms. The molecule has 0 fully saturated rings. The third-order valence-electron chi connectivity index (χ3n) is 4.09. The number of hydrogen-bond acceptors (Lipinski definition) is 3. The number of anilines is 1. The van der Waals surface area contributed by atoms with Crippen LogP contribution in [0.15, 0.2) is 30.7 Å². The summed E-state index contributed by atoms with van der Waals surface area (Å²) in [5, 5.41) is 2.25. The highest BCUT2D eigenvalue weighted by Crippen LogP contribution is 2.37. The number of benzene rings is 1. The van der Waals surface area contributed by atoms with Crippen LogP contribution in [0.2, 0.25) is 0 Å². The highest BCUT2D eigenvalue weighted by molar-refractivity contribution is 5.93. The Morgan fingerprint density at radius 1 is 1.44 bits per heavy atom. The van der Waals surface area contributed by atoms with Crippen LogP contribution in [0.1, 0.15) is 17.7 Å². The molecule has 27 heavy (non-hydrogen) atoms. The van der Waals surface area contributed by atoms with Gasteiger partial charge in [-0.05, 0) is 29.8 Å². The molecular formula is C18H19F3N4O2. The van der Waals surface area contributed by atoms with Crippen molar-refractivity contribution in [2.45, 2.75) is 12.6 Å². The van der Waals surface area contributed by atoms with E-state index in [0.29, 0.717) is 29.2 Å². The van der Waals surface area contributed by atoms with E-state index < -0.39 is 18.8 Å². The number of carbonyl (C=O) groups is 1. The quantitative estimate of drug-likeness (QED) is 0.887. The number of amides is 2. The zero-order valence-corrected chi connectivity index (χ0v) is 14.9. The van der Waals surface area contributed by atoms with Crippen molar-refractivity contribution < 1.29 is 22.7 Å². The molecule has 0 saturated carbocycles. The largest absolute Gasteiger partial charge is 0.493 e. The molecule has 1 aliphatic heterocycles. The summed E-state index contributed by atoms with van der Waals surface area (Å²) in [7, 11) is 3.14. The van der Waals surface area contributed by atoms with Gasteiger partial charge in [0.25, 0.3) is 0 Å². The van der Waals surface area contributed by atoms with Gasteiger partial charge < -0.3 is 14.6 Å². The molecule has 2 heterocycles. The molecule has 1 aliphatic rings. The number of alkyl halides is 3. The van der Waals surface area contributed by atoms with Crippen molar-refractivity contribution >= 4 is 23.4 Å². The van der Waals surface area contributed by atoms with Gasteiger partial charge in [-0.15, -0.1) is 0 Å². The highest BCUT2D eigenvalue weighted by atomic mass is 19.4. The van der Waals surface area contributed by atoms with Gasteiger partial charge in [-0.3, -0.25) is 4.90 Å². The van der Waals surface area contributed by atoms with Gasteiger partial charge in [-0.1, -0.05) is 0 Å². The number of urea groups is 1. The molecule has 1 aromatic carbocycles. The molecule has 0 bridgehead atoms. The summed E-state index contributed by atoms with van der Waals surface area (Å²) in [6.07, 6.45) is 1.45. The number of nitrogens with one attached hydrogen (secondary N) is 1. The van der Waals surface area contributed by atoms with Crippen LogP contribution in [-0.4, -0.2) is 42.0 Å². The van der Waals surface area contributed by atoms with Crippen LogP contribution in [0.4, 0.5) is 23.7 Å². The summed E-state index contributed by atoms with van der Waals surface area (Å²) in [4.78, 5) is 16.9. The maximum atomic E-state index is 12.9. The molecule has 1 N–H and O–H groups in total. The van der Waals surface area contributed by atoms with E-state index in [1.54, 1.807) is 23.0 Å². The van der Waals surface area contributed by atoms with Crippen LogP contribution in [0, 0.1) is 0 Å². The second-order valence-electron chi connectivity index (χ2n) is 6.17. The molecule has 3 rings (SSSR count). The Morgan fingerprint density at radius 2 is 2.22 bits per heavy atom. The molecule has 2 amide bonds. The van der Waals surface area contributed by atoms with E-state index in [9.17, 15) is 18.0 Å². The van der Waals surface area contributed by atoms with Crippen LogP contribution in [0.25, 0.3) is 11.6 Å². The number of fused-ring (bicyclic) bond motifs is 1. The first-order chi connectivity index (χ1) is 12.8. The normalized spacial score (nSPS) is 15.2. The molecule has 0 aliphatic carbocycles. The Morgan fingerprint density at radius 3 is 2.85 bits per heavy atom. The molecule has 1 aromatic heterocycles. The number of imidazole rings is 1. The van der Waals surface area contributed by atoms with Gasteiger partial charge in [-0.2, -0.15) is 13.2 Å². The topological polar surface area (TPSA) is 59.4 Å². The van der Waals surface area contributed by atoms with Gasteiger partial charge in [0, 0.05) is 38.0 Å². The minimum atomic E-state index is -4.52. The van der Waals surface area contributed by atoms with E-state index in [-0.39, 0.29) is 5.69 Å². The van der Waals surface area contributed by atoms with Crippen LogP contribution in [-0.2, 0) is 7.05 Å². The van der Waals surface area contributed by atoms with Crippen LogP contribution < -0.4 is 15.0 Å². The third kappa shape index (κ3) is 4.42. The lowest BCUT2D eigenvalue weighted by atomic mass is 9.98. The van der Waals surface area contributed by atoms with Gasteiger partial charge in [0.2, 0.25) is 0 Å². The number of aromatic nitrogens is 2. The van der Waals surface area contributed by atoms with Gasteiger partial charge in [0.05, 0.1) is 18.6 Å². The molecule has 144 valence electrons. The Kier molecular flexibility index (Phi) is 5.11. The third-order valence-corrected chi connectivity index (χ3v) is 4.09.